The van der Waals surface area contributed by atoms with Crippen LogP contribution in [0.25, 0.3) is 22.2 Å². The van der Waals surface area contributed by atoms with Crippen LogP contribution in [0.3, 0.4) is 0 Å². The molecule has 4 rings (SSSR count). The molecular formula is C20H24N6O. The van der Waals surface area contributed by atoms with Crippen LogP contribution in [-0.2, 0) is 6.54 Å². The smallest absolute Gasteiger partial charge is 0.198 e. The molecule has 0 saturated heterocycles. The molecule has 7 nitrogen and oxygen atoms in total. The fourth-order valence-electron chi connectivity index (χ4n) is 3.55. The number of hydrogen-bond donors (Lipinski definition) is 2. The Kier molecular flexibility index (Phi) is 4.63. The van der Waals surface area contributed by atoms with E-state index in [2.05, 4.69) is 21.3 Å². The number of likely N-dealkylation sites (N-methyl/N-ethyl adjacent to an activating group) is 1. The molecule has 1 aromatic carbocycles. The summed E-state index contributed by atoms with van der Waals surface area (Å²) in [6.07, 6.45) is 4.20. The van der Waals surface area contributed by atoms with Gasteiger partial charge in [0.2, 0.25) is 0 Å². The standard InChI is InChI=1S/C20H24N6O/c1-25(2)10-11-26-16-5-4-15(23-8-3-7-21)17-18(16)19(24-26)13-6-9-22-12-14(13)20(17)27/h4-6,9,12,23H,3,7-8,10-11,21H2,1-2H3. The highest BCUT2D eigenvalue weighted by atomic mass is 16.1. The molecule has 0 radical (unpaired) electrons. The molecule has 0 unspecified atom stereocenters. The van der Waals surface area contributed by atoms with E-state index in [1.165, 1.54) is 0 Å². The number of hydrogen-bond acceptors (Lipinski definition) is 6. The molecule has 3 aromatic rings. The zero-order chi connectivity index (χ0) is 19.0. The van der Waals surface area contributed by atoms with E-state index in [0.717, 1.165) is 53.9 Å². The Hall–Kier alpha value is -2.77. The summed E-state index contributed by atoms with van der Waals surface area (Å²) in [6.45, 7) is 2.97. The largest absolute Gasteiger partial charge is 0.384 e. The van der Waals surface area contributed by atoms with Gasteiger partial charge in [-0.15, -0.1) is 0 Å². The molecule has 0 fully saturated rings. The topological polar surface area (TPSA) is 89.1 Å². The summed E-state index contributed by atoms with van der Waals surface area (Å²) >= 11 is 0. The van der Waals surface area contributed by atoms with E-state index >= 15 is 0 Å². The van der Waals surface area contributed by atoms with E-state index in [9.17, 15) is 4.79 Å². The second-order valence-corrected chi connectivity index (χ2v) is 7.08. The van der Waals surface area contributed by atoms with Gasteiger partial charge in [0.05, 0.1) is 23.2 Å². The second-order valence-electron chi connectivity index (χ2n) is 7.08. The van der Waals surface area contributed by atoms with Crippen LogP contribution in [0.5, 0.6) is 0 Å². The number of pyridine rings is 1. The zero-order valence-corrected chi connectivity index (χ0v) is 15.7. The number of nitrogens with zero attached hydrogens (tertiary/aromatic N) is 4. The van der Waals surface area contributed by atoms with Gasteiger partial charge in [-0.3, -0.25) is 14.5 Å². The SMILES string of the molecule is CN(C)CCn1nc2c3c(c(NCCCN)ccc31)C(=O)c1cnccc1-2. The van der Waals surface area contributed by atoms with Crippen LogP contribution in [0, 0.1) is 0 Å². The zero-order valence-electron chi connectivity index (χ0n) is 15.7. The van der Waals surface area contributed by atoms with Gasteiger partial charge in [0, 0.05) is 42.1 Å². The van der Waals surface area contributed by atoms with Crippen molar-refractivity contribution in [2.45, 2.75) is 13.0 Å². The highest BCUT2D eigenvalue weighted by molar-refractivity contribution is 6.27. The maximum absolute atomic E-state index is 13.3. The Bertz CT molecular complexity index is 1010. The molecule has 0 amide bonds. The molecule has 0 atom stereocenters. The Morgan fingerprint density at radius 1 is 1.22 bits per heavy atom. The van der Waals surface area contributed by atoms with Crippen molar-refractivity contribution in [3.05, 3.63) is 41.7 Å². The third-order valence-electron chi connectivity index (χ3n) is 4.92. The Labute approximate surface area is 158 Å². The maximum Gasteiger partial charge on any atom is 0.198 e. The van der Waals surface area contributed by atoms with E-state index in [0.29, 0.717) is 17.7 Å². The lowest BCUT2D eigenvalue weighted by molar-refractivity contribution is 0.104. The Morgan fingerprint density at radius 2 is 2.07 bits per heavy atom. The molecule has 3 N–H and O–H groups in total. The lowest BCUT2D eigenvalue weighted by Gasteiger charge is -2.18. The number of aromatic nitrogens is 3. The van der Waals surface area contributed by atoms with Crippen LogP contribution in [0.15, 0.2) is 30.6 Å². The van der Waals surface area contributed by atoms with E-state index in [-0.39, 0.29) is 5.78 Å². The summed E-state index contributed by atoms with van der Waals surface area (Å²) in [6, 6.07) is 5.91. The molecule has 0 aliphatic heterocycles. The number of benzene rings is 1. The summed E-state index contributed by atoms with van der Waals surface area (Å²) < 4.78 is 2.00. The van der Waals surface area contributed by atoms with Crippen molar-refractivity contribution in [3.63, 3.8) is 0 Å². The number of anilines is 1. The number of rotatable bonds is 7. The van der Waals surface area contributed by atoms with Gasteiger partial charge in [-0.2, -0.15) is 5.10 Å². The molecule has 1 aliphatic rings. The molecule has 27 heavy (non-hydrogen) atoms. The molecule has 2 heterocycles. The summed E-state index contributed by atoms with van der Waals surface area (Å²) in [7, 11) is 4.08. The molecule has 140 valence electrons. The van der Waals surface area contributed by atoms with Crippen LogP contribution in [-0.4, -0.2) is 59.2 Å². The van der Waals surface area contributed by atoms with Gasteiger partial charge in [0.25, 0.3) is 0 Å². The monoisotopic (exact) mass is 364 g/mol. The van der Waals surface area contributed by atoms with Crippen LogP contribution in [0.4, 0.5) is 5.69 Å². The van der Waals surface area contributed by atoms with Gasteiger partial charge in [-0.25, -0.2) is 0 Å². The average molecular weight is 364 g/mol. The van der Waals surface area contributed by atoms with Crippen molar-refractivity contribution in [2.24, 2.45) is 5.73 Å². The van der Waals surface area contributed by atoms with E-state index < -0.39 is 0 Å². The van der Waals surface area contributed by atoms with Crippen LogP contribution in [0.1, 0.15) is 22.3 Å². The normalized spacial score (nSPS) is 12.7. The first-order valence-electron chi connectivity index (χ1n) is 9.23. The first-order valence-corrected chi connectivity index (χ1v) is 9.23. The number of nitrogens with one attached hydrogen (secondary N) is 1. The van der Waals surface area contributed by atoms with Gasteiger partial charge < -0.3 is 16.0 Å². The minimum Gasteiger partial charge on any atom is -0.384 e. The van der Waals surface area contributed by atoms with Crippen molar-refractivity contribution in [2.75, 3.05) is 39.0 Å². The molecule has 0 spiro atoms. The van der Waals surface area contributed by atoms with Gasteiger partial charge in [0.15, 0.2) is 5.78 Å². The first kappa shape index (κ1) is 17.6. The number of nitrogens with two attached hydrogens (primary N) is 1. The fraction of sp³-hybridized carbons (Fsp3) is 0.350. The van der Waals surface area contributed by atoms with E-state index in [1.54, 1.807) is 12.4 Å². The van der Waals surface area contributed by atoms with Gasteiger partial charge >= 0.3 is 0 Å². The van der Waals surface area contributed by atoms with E-state index in [4.69, 9.17) is 10.8 Å². The van der Waals surface area contributed by atoms with Crippen molar-refractivity contribution >= 4 is 22.4 Å². The van der Waals surface area contributed by atoms with Crippen molar-refractivity contribution in [3.8, 4) is 11.3 Å². The van der Waals surface area contributed by atoms with Gasteiger partial charge in [-0.1, -0.05) is 0 Å². The first-order chi connectivity index (χ1) is 13.1. The van der Waals surface area contributed by atoms with Crippen LogP contribution < -0.4 is 11.1 Å². The predicted octanol–water partition coefficient (Wildman–Crippen LogP) is 1.96. The maximum atomic E-state index is 13.3. The van der Waals surface area contributed by atoms with Crippen molar-refractivity contribution in [1.82, 2.24) is 19.7 Å². The number of fused-ring (bicyclic) bond motifs is 2. The lowest BCUT2D eigenvalue weighted by Crippen LogP contribution is -2.19. The van der Waals surface area contributed by atoms with E-state index in [1.807, 2.05) is 30.9 Å². The quantitative estimate of drug-likeness (QED) is 0.487. The molecule has 0 saturated carbocycles. The highest BCUT2D eigenvalue weighted by Gasteiger charge is 2.31. The third kappa shape index (κ3) is 2.98. The second kappa shape index (κ2) is 7.09. The molecular weight excluding hydrogens is 340 g/mol. The van der Waals surface area contributed by atoms with Crippen molar-refractivity contribution in [1.29, 1.82) is 0 Å². The summed E-state index contributed by atoms with van der Waals surface area (Å²) in [5.74, 6) is -0.00129. The molecule has 0 bridgehead atoms. The fourth-order valence-corrected chi connectivity index (χ4v) is 3.55. The minimum absolute atomic E-state index is 0.00129. The molecule has 2 aromatic heterocycles. The highest BCUT2D eigenvalue weighted by Crippen LogP contribution is 2.41. The van der Waals surface area contributed by atoms with Crippen molar-refractivity contribution < 1.29 is 4.79 Å². The minimum atomic E-state index is -0.00129. The average Bonchev–Trinajstić information content (AvgIpc) is 3.04. The number of carbonyl (C=O) groups is 1. The summed E-state index contributed by atoms with van der Waals surface area (Å²) in [4.78, 5) is 19.6. The third-order valence-corrected chi connectivity index (χ3v) is 4.92. The number of carbonyl (C=O) groups excluding carboxylic acids is 1. The lowest BCUT2D eigenvalue weighted by atomic mass is 9.87. The Morgan fingerprint density at radius 3 is 2.85 bits per heavy atom. The molecule has 7 heteroatoms. The van der Waals surface area contributed by atoms with Crippen LogP contribution >= 0.6 is 0 Å². The Balaban J connectivity index is 1.91. The number of ketones is 1. The van der Waals surface area contributed by atoms with Gasteiger partial charge in [-0.05, 0) is 45.3 Å². The predicted molar refractivity (Wildman–Crippen MR) is 107 cm³/mol. The summed E-state index contributed by atoms with van der Waals surface area (Å²) in [5.41, 5.74) is 10.4. The summed E-state index contributed by atoms with van der Waals surface area (Å²) in [5, 5.41) is 9.17. The van der Waals surface area contributed by atoms with Crippen LogP contribution in [0.2, 0.25) is 0 Å². The van der Waals surface area contributed by atoms with Gasteiger partial charge in [0.1, 0.15) is 5.69 Å². The molecule has 1 aliphatic carbocycles.